The number of aromatic carboxylic acids is 2. The zero-order valence-corrected chi connectivity index (χ0v) is 14.1. The maximum Gasteiger partial charge on any atom is 0.336 e. The van der Waals surface area contributed by atoms with Gasteiger partial charge in [-0.2, -0.15) is 0 Å². The van der Waals surface area contributed by atoms with E-state index in [0.29, 0.717) is 10.6 Å². The lowest BCUT2D eigenvalue weighted by Gasteiger charge is -2.22. The van der Waals surface area contributed by atoms with E-state index in [1.54, 1.807) is 48.5 Å². The molecule has 0 saturated carbocycles. The molecule has 3 aromatic carbocycles. The van der Waals surface area contributed by atoms with E-state index < -0.39 is 19.9 Å². The third-order valence-corrected chi connectivity index (χ3v) is 6.32. The van der Waals surface area contributed by atoms with Crippen molar-refractivity contribution in [3.05, 3.63) is 90.0 Å². The highest BCUT2D eigenvalue weighted by Gasteiger charge is 2.25. The Kier molecular flexibility index (Phi) is 4.92. The van der Waals surface area contributed by atoms with Crippen LogP contribution in [-0.4, -0.2) is 22.2 Å². The SMILES string of the molecule is O=C(O)c1ccccc1P(c1ccccc1)c1ccccc1C(=O)O. The lowest BCUT2D eigenvalue weighted by molar-refractivity contribution is 0.0688. The van der Waals surface area contributed by atoms with Crippen molar-refractivity contribution in [1.29, 1.82) is 0 Å². The van der Waals surface area contributed by atoms with Crippen molar-refractivity contribution >= 4 is 35.8 Å². The third kappa shape index (κ3) is 3.44. The van der Waals surface area contributed by atoms with Crippen molar-refractivity contribution in [1.82, 2.24) is 0 Å². The maximum atomic E-state index is 11.7. The van der Waals surface area contributed by atoms with Crippen LogP contribution in [-0.2, 0) is 0 Å². The minimum absolute atomic E-state index is 0.192. The van der Waals surface area contributed by atoms with Crippen LogP contribution in [0, 0.1) is 0 Å². The molecule has 0 unspecified atom stereocenters. The number of benzene rings is 3. The standard InChI is InChI=1S/C20H15O4P/c21-19(22)15-10-4-6-12-17(15)25(14-8-2-1-3-9-14)18-13-7-5-11-16(18)20(23)24/h1-13H,(H,21,22)(H,23,24). The Labute approximate surface area is 146 Å². The summed E-state index contributed by atoms with van der Waals surface area (Å²) < 4.78 is 0. The molecule has 0 spiro atoms. The summed E-state index contributed by atoms with van der Waals surface area (Å²) in [4.78, 5) is 23.4. The summed E-state index contributed by atoms with van der Waals surface area (Å²) in [5, 5.41) is 21.3. The van der Waals surface area contributed by atoms with Gasteiger partial charge in [0.05, 0.1) is 11.1 Å². The molecular weight excluding hydrogens is 335 g/mol. The van der Waals surface area contributed by atoms with Crippen molar-refractivity contribution in [2.24, 2.45) is 0 Å². The van der Waals surface area contributed by atoms with Crippen molar-refractivity contribution < 1.29 is 19.8 Å². The molecule has 0 saturated heterocycles. The number of rotatable bonds is 5. The first kappa shape index (κ1) is 16.9. The molecule has 0 heterocycles. The summed E-state index contributed by atoms with van der Waals surface area (Å²) in [6.07, 6.45) is 0. The fourth-order valence-corrected chi connectivity index (χ4v) is 5.26. The fraction of sp³-hybridized carbons (Fsp3) is 0. The molecule has 0 aliphatic carbocycles. The van der Waals surface area contributed by atoms with E-state index in [1.807, 2.05) is 30.3 Å². The van der Waals surface area contributed by atoms with Gasteiger partial charge in [-0.05, 0) is 36.0 Å². The summed E-state index contributed by atoms with van der Waals surface area (Å²) in [6.45, 7) is 0. The van der Waals surface area contributed by atoms with Crippen LogP contribution in [0.3, 0.4) is 0 Å². The second-order valence-electron chi connectivity index (χ2n) is 5.32. The summed E-state index contributed by atoms with van der Waals surface area (Å²) in [7, 11) is -1.31. The molecule has 124 valence electrons. The van der Waals surface area contributed by atoms with Crippen molar-refractivity contribution in [3.8, 4) is 0 Å². The normalized spacial score (nSPS) is 10.6. The second kappa shape index (κ2) is 7.29. The highest BCUT2D eigenvalue weighted by atomic mass is 31.1. The number of carboxylic acid groups (broad SMARTS) is 2. The van der Waals surface area contributed by atoms with Gasteiger partial charge in [0.15, 0.2) is 0 Å². The molecule has 0 aromatic heterocycles. The van der Waals surface area contributed by atoms with E-state index in [4.69, 9.17) is 0 Å². The monoisotopic (exact) mass is 350 g/mol. The largest absolute Gasteiger partial charge is 0.478 e. The van der Waals surface area contributed by atoms with E-state index in [-0.39, 0.29) is 11.1 Å². The summed E-state index contributed by atoms with van der Waals surface area (Å²) in [6, 6.07) is 23.0. The van der Waals surface area contributed by atoms with E-state index in [2.05, 4.69) is 0 Å². The van der Waals surface area contributed by atoms with Gasteiger partial charge in [-0.3, -0.25) is 0 Å². The van der Waals surface area contributed by atoms with Gasteiger partial charge in [-0.25, -0.2) is 9.59 Å². The van der Waals surface area contributed by atoms with Gasteiger partial charge in [0.2, 0.25) is 0 Å². The number of hydrogen-bond acceptors (Lipinski definition) is 2. The zero-order valence-electron chi connectivity index (χ0n) is 13.2. The highest BCUT2D eigenvalue weighted by molar-refractivity contribution is 7.80. The van der Waals surface area contributed by atoms with Gasteiger partial charge >= 0.3 is 11.9 Å². The van der Waals surface area contributed by atoms with Gasteiger partial charge < -0.3 is 10.2 Å². The zero-order chi connectivity index (χ0) is 17.8. The Morgan fingerprint density at radius 2 is 1.00 bits per heavy atom. The molecule has 0 atom stereocenters. The fourth-order valence-electron chi connectivity index (χ4n) is 2.68. The van der Waals surface area contributed by atoms with E-state index in [9.17, 15) is 19.8 Å². The Morgan fingerprint density at radius 3 is 1.44 bits per heavy atom. The van der Waals surface area contributed by atoms with Gasteiger partial charge in [-0.1, -0.05) is 66.7 Å². The van der Waals surface area contributed by atoms with Gasteiger partial charge in [0.25, 0.3) is 0 Å². The Balaban J connectivity index is 2.30. The molecule has 0 aliphatic heterocycles. The molecule has 0 aliphatic rings. The van der Waals surface area contributed by atoms with Crippen molar-refractivity contribution in [3.63, 3.8) is 0 Å². The van der Waals surface area contributed by atoms with Crippen molar-refractivity contribution in [2.45, 2.75) is 0 Å². The predicted octanol–water partition coefficient (Wildman–Crippen LogP) is 2.84. The van der Waals surface area contributed by atoms with Crippen LogP contribution < -0.4 is 15.9 Å². The molecule has 0 amide bonds. The first-order valence-electron chi connectivity index (χ1n) is 7.59. The summed E-state index contributed by atoms with van der Waals surface area (Å²) in [5.74, 6) is -2.04. The molecule has 5 heteroatoms. The van der Waals surface area contributed by atoms with Gasteiger partial charge in [0.1, 0.15) is 0 Å². The molecule has 2 N–H and O–H groups in total. The minimum Gasteiger partial charge on any atom is -0.478 e. The molecule has 0 bridgehead atoms. The van der Waals surface area contributed by atoms with Crippen LogP contribution in [0.15, 0.2) is 78.9 Å². The van der Waals surface area contributed by atoms with Crippen LogP contribution in [0.5, 0.6) is 0 Å². The van der Waals surface area contributed by atoms with Crippen LogP contribution >= 0.6 is 7.92 Å². The first-order chi connectivity index (χ1) is 12.1. The smallest absolute Gasteiger partial charge is 0.336 e. The Morgan fingerprint density at radius 1 is 0.600 bits per heavy atom. The molecule has 3 rings (SSSR count). The molecule has 3 aromatic rings. The predicted molar refractivity (Wildman–Crippen MR) is 99.1 cm³/mol. The van der Waals surface area contributed by atoms with Crippen LogP contribution in [0.4, 0.5) is 0 Å². The van der Waals surface area contributed by atoms with Crippen LogP contribution in [0.2, 0.25) is 0 Å². The third-order valence-electron chi connectivity index (χ3n) is 3.77. The van der Waals surface area contributed by atoms with E-state index in [1.165, 1.54) is 0 Å². The Hall–Kier alpha value is -2.97. The van der Waals surface area contributed by atoms with E-state index in [0.717, 1.165) is 5.30 Å². The Bertz CT molecular complexity index is 864. The first-order valence-corrected chi connectivity index (χ1v) is 8.93. The van der Waals surface area contributed by atoms with Gasteiger partial charge in [-0.15, -0.1) is 0 Å². The average molecular weight is 350 g/mol. The van der Waals surface area contributed by atoms with Crippen molar-refractivity contribution in [2.75, 3.05) is 0 Å². The maximum absolute atomic E-state index is 11.7. The molecule has 0 fully saturated rings. The highest BCUT2D eigenvalue weighted by Crippen LogP contribution is 2.35. The quantitative estimate of drug-likeness (QED) is 0.694. The van der Waals surface area contributed by atoms with E-state index >= 15 is 0 Å². The molecule has 0 radical (unpaired) electrons. The summed E-state index contributed by atoms with van der Waals surface area (Å²) >= 11 is 0. The van der Waals surface area contributed by atoms with Gasteiger partial charge in [0, 0.05) is 0 Å². The number of carbonyl (C=O) groups is 2. The average Bonchev–Trinajstić information content (AvgIpc) is 2.63. The molecule has 25 heavy (non-hydrogen) atoms. The minimum atomic E-state index is -1.31. The van der Waals surface area contributed by atoms with Crippen LogP contribution in [0.1, 0.15) is 20.7 Å². The molecule has 4 nitrogen and oxygen atoms in total. The lowest BCUT2D eigenvalue weighted by atomic mass is 10.2. The number of hydrogen-bond donors (Lipinski definition) is 2. The lowest BCUT2D eigenvalue weighted by Crippen LogP contribution is -2.28. The topological polar surface area (TPSA) is 74.6 Å². The van der Waals surface area contributed by atoms with Crippen LogP contribution in [0.25, 0.3) is 0 Å². The summed E-state index contributed by atoms with van der Waals surface area (Å²) in [5.41, 5.74) is 0.385. The second-order valence-corrected chi connectivity index (χ2v) is 7.47. The number of carboxylic acids is 2. The molecular formula is C20H15O4P.